The quantitative estimate of drug-likeness (QED) is 0.685. The normalized spacial score (nSPS) is 12.5. The second kappa shape index (κ2) is 8.88. The molecule has 0 saturated heterocycles. The Kier molecular flexibility index (Phi) is 6.80. The lowest BCUT2D eigenvalue weighted by atomic mass is 10.0. The Morgan fingerprint density at radius 2 is 1.61 bits per heavy atom. The Morgan fingerprint density at radius 1 is 1.00 bits per heavy atom. The molecule has 150 valence electrons. The average molecular weight is 393 g/mol. The first kappa shape index (κ1) is 21.4. The SMILES string of the molecule is CC(C)C[C@H](N)C(=O)Nc1cccc(NC(=O)c2cccc(C(F)(F)F)c2)c1. The number of hydrogen-bond donors (Lipinski definition) is 3. The fraction of sp³-hybridized carbons (Fsp3) is 0.300. The van der Waals surface area contributed by atoms with Gasteiger partial charge in [-0.25, -0.2) is 0 Å². The number of hydrogen-bond acceptors (Lipinski definition) is 3. The van der Waals surface area contributed by atoms with Crippen LogP contribution in [0.3, 0.4) is 0 Å². The first-order valence-electron chi connectivity index (χ1n) is 8.71. The van der Waals surface area contributed by atoms with E-state index in [-0.39, 0.29) is 17.4 Å². The first-order chi connectivity index (χ1) is 13.1. The molecule has 2 rings (SSSR count). The number of carbonyl (C=O) groups is 2. The van der Waals surface area contributed by atoms with Crippen LogP contribution in [0, 0.1) is 5.92 Å². The van der Waals surface area contributed by atoms with Crippen molar-refractivity contribution in [2.24, 2.45) is 11.7 Å². The third kappa shape index (κ3) is 6.09. The number of anilines is 2. The molecule has 2 aromatic rings. The highest BCUT2D eigenvalue weighted by Crippen LogP contribution is 2.29. The monoisotopic (exact) mass is 393 g/mol. The molecule has 0 bridgehead atoms. The molecular formula is C20H22F3N3O2. The van der Waals surface area contributed by atoms with Crippen molar-refractivity contribution in [1.82, 2.24) is 0 Å². The van der Waals surface area contributed by atoms with Gasteiger partial charge in [0.1, 0.15) is 0 Å². The largest absolute Gasteiger partial charge is 0.416 e. The van der Waals surface area contributed by atoms with Crippen molar-refractivity contribution in [3.05, 3.63) is 59.7 Å². The molecule has 2 amide bonds. The third-order valence-corrected chi connectivity index (χ3v) is 3.90. The van der Waals surface area contributed by atoms with E-state index < -0.39 is 23.7 Å². The van der Waals surface area contributed by atoms with E-state index in [1.165, 1.54) is 18.2 Å². The number of nitrogens with one attached hydrogen (secondary N) is 2. The van der Waals surface area contributed by atoms with E-state index in [9.17, 15) is 22.8 Å². The van der Waals surface area contributed by atoms with Crippen molar-refractivity contribution in [2.45, 2.75) is 32.5 Å². The third-order valence-electron chi connectivity index (χ3n) is 3.90. The summed E-state index contributed by atoms with van der Waals surface area (Å²) in [6, 6.07) is 9.78. The summed E-state index contributed by atoms with van der Waals surface area (Å²) >= 11 is 0. The van der Waals surface area contributed by atoms with Gasteiger partial charge >= 0.3 is 6.18 Å². The zero-order chi connectivity index (χ0) is 20.9. The zero-order valence-electron chi connectivity index (χ0n) is 15.5. The molecule has 0 aliphatic heterocycles. The van der Waals surface area contributed by atoms with E-state index in [4.69, 9.17) is 5.73 Å². The van der Waals surface area contributed by atoms with Gasteiger partial charge < -0.3 is 16.4 Å². The van der Waals surface area contributed by atoms with Crippen molar-refractivity contribution < 1.29 is 22.8 Å². The summed E-state index contributed by atoms with van der Waals surface area (Å²) in [4.78, 5) is 24.4. The molecule has 0 aliphatic carbocycles. The highest BCUT2D eigenvalue weighted by molar-refractivity contribution is 6.05. The maximum atomic E-state index is 12.8. The fourth-order valence-corrected chi connectivity index (χ4v) is 2.56. The number of halogens is 3. The van der Waals surface area contributed by atoms with Crippen molar-refractivity contribution in [2.75, 3.05) is 10.6 Å². The molecule has 0 saturated carbocycles. The van der Waals surface area contributed by atoms with Gasteiger partial charge in [-0.05, 0) is 48.7 Å². The van der Waals surface area contributed by atoms with Crippen LogP contribution in [0.5, 0.6) is 0 Å². The number of rotatable bonds is 6. The summed E-state index contributed by atoms with van der Waals surface area (Å²) < 4.78 is 38.4. The summed E-state index contributed by atoms with van der Waals surface area (Å²) in [7, 11) is 0. The van der Waals surface area contributed by atoms with Crippen LogP contribution in [-0.4, -0.2) is 17.9 Å². The van der Waals surface area contributed by atoms with Gasteiger partial charge in [-0.15, -0.1) is 0 Å². The minimum Gasteiger partial charge on any atom is -0.325 e. The summed E-state index contributed by atoms with van der Waals surface area (Å²) in [6.07, 6.45) is -4.01. The van der Waals surface area contributed by atoms with Crippen molar-refractivity contribution in [3.63, 3.8) is 0 Å². The maximum Gasteiger partial charge on any atom is 0.416 e. The summed E-state index contributed by atoms with van der Waals surface area (Å²) in [5.74, 6) is -0.778. The minimum absolute atomic E-state index is 0.122. The van der Waals surface area contributed by atoms with Gasteiger partial charge in [-0.1, -0.05) is 26.0 Å². The predicted octanol–water partition coefficient (Wildman–Crippen LogP) is 4.27. The van der Waals surface area contributed by atoms with E-state index in [1.807, 2.05) is 13.8 Å². The molecule has 8 heteroatoms. The highest BCUT2D eigenvalue weighted by Gasteiger charge is 2.30. The van der Waals surface area contributed by atoms with Crippen molar-refractivity contribution in [1.29, 1.82) is 0 Å². The topological polar surface area (TPSA) is 84.2 Å². The van der Waals surface area contributed by atoms with Crippen molar-refractivity contribution in [3.8, 4) is 0 Å². The molecule has 28 heavy (non-hydrogen) atoms. The van der Waals surface area contributed by atoms with Gasteiger partial charge in [0.2, 0.25) is 5.91 Å². The number of nitrogens with two attached hydrogens (primary N) is 1. The molecule has 2 aromatic carbocycles. The fourth-order valence-electron chi connectivity index (χ4n) is 2.56. The average Bonchev–Trinajstić information content (AvgIpc) is 2.60. The Morgan fingerprint density at radius 3 is 2.21 bits per heavy atom. The zero-order valence-corrected chi connectivity index (χ0v) is 15.5. The molecule has 0 aliphatic rings. The number of benzene rings is 2. The van der Waals surface area contributed by atoms with Crippen LogP contribution >= 0.6 is 0 Å². The lowest BCUT2D eigenvalue weighted by Gasteiger charge is -2.15. The Balaban J connectivity index is 2.08. The van der Waals surface area contributed by atoms with Gasteiger partial charge in [-0.2, -0.15) is 13.2 Å². The predicted molar refractivity (Wildman–Crippen MR) is 102 cm³/mol. The molecule has 0 aromatic heterocycles. The van der Waals surface area contributed by atoms with Crippen LogP contribution in [0.15, 0.2) is 48.5 Å². The Bertz CT molecular complexity index is 851. The van der Waals surface area contributed by atoms with Crippen LogP contribution < -0.4 is 16.4 Å². The summed E-state index contributed by atoms with van der Waals surface area (Å²) in [5.41, 5.74) is 5.57. The maximum absolute atomic E-state index is 12.8. The molecule has 0 spiro atoms. The second-order valence-electron chi connectivity index (χ2n) is 6.84. The molecule has 4 N–H and O–H groups in total. The van der Waals surface area contributed by atoms with E-state index in [1.54, 1.807) is 18.2 Å². The lowest BCUT2D eigenvalue weighted by Crippen LogP contribution is -2.36. The lowest BCUT2D eigenvalue weighted by molar-refractivity contribution is -0.137. The number of amides is 2. The highest BCUT2D eigenvalue weighted by atomic mass is 19.4. The smallest absolute Gasteiger partial charge is 0.325 e. The minimum atomic E-state index is -4.53. The Hall–Kier alpha value is -2.87. The van der Waals surface area contributed by atoms with Gasteiger partial charge in [-0.3, -0.25) is 9.59 Å². The summed E-state index contributed by atoms with van der Waals surface area (Å²) in [5, 5.41) is 5.19. The van der Waals surface area contributed by atoms with E-state index in [0.29, 0.717) is 17.8 Å². The molecule has 0 radical (unpaired) electrons. The molecule has 0 heterocycles. The number of alkyl halides is 3. The van der Waals surface area contributed by atoms with E-state index in [0.717, 1.165) is 12.1 Å². The van der Waals surface area contributed by atoms with E-state index >= 15 is 0 Å². The van der Waals surface area contributed by atoms with Gasteiger partial charge in [0.15, 0.2) is 0 Å². The molecule has 1 atom stereocenters. The Labute approximate surface area is 161 Å². The van der Waals surface area contributed by atoms with E-state index in [2.05, 4.69) is 10.6 Å². The van der Waals surface area contributed by atoms with Crippen LogP contribution in [0.2, 0.25) is 0 Å². The first-order valence-corrected chi connectivity index (χ1v) is 8.71. The standard InChI is InChI=1S/C20H22F3N3O2/c1-12(2)9-17(24)19(28)26-16-8-4-7-15(11-16)25-18(27)13-5-3-6-14(10-13)20(21,22)23/h3-8,10-12,17H,9,24H2,1-2H3,(H,25,27)(H,26,28)/t17-/m0/s1. The van der Waals surface area contributed by atoms with Crippen LogP contribution in [-0.2, 0) is 11.0 Å². The van der Waals surface area contributed by atoms with Crippen LogP contribution in [0.1, 0.15) is 36.2 Å². The van der Waals surface area contributed by atoms with Gasteiger partial charge in [0, 0.05) is 16.9 Å². The van der Waals surface area contributed by atoms with Gasteiger partial charge in [0.05, 0.1) is 11.6 Å². The summed E-state index contributed by atoms with van der Waals surface area (Å²) in [6.45, 7) is 3.91. The van der Waals surface area contributed by atoms with Crippen molar-refractivity contribution >= 4 is 23.2 Å². The van der Waals surface area contributed by atoms with Crippen LogP contribution in [0.4, 0.5) is 24.5 Å². The number of carbonyl (C=O) groups excluding carboxylic acids is 2. The van der Waals surface area contributed by atoms with Gasteiger partial charge in [0.25, 0.3) is 5.91 Å². The molecular weight excluding hydrogens is 371 g/mol. The van der Waals surface area contributed by atoms with Crippen LogP contribution in [0.25, 0.3) is 0 Å². The molecule has 0 fully saturated rings. The molecule has 0 unspecified atom stereocenters. The molecule has 5 nitrogen and oxygen atoms in total. The second-order valence-corrected chi connectivity index (χ2v) is 6.84.